The van der Waals surface area contributed by atoms with Gasteiger partial charge in [0.2, 0.25) is 5.88 Å². The number of nitrogens with zero attached hydrogens (tertiary/aromatic N) is 6. The number of hydrogen-bond acceptors (Lipinski definition) is 5. The average Bonchev–Trinajstić information content (AvgIpc) is 3.33. The van der Waals surface area contributed by atoms with E-state index in [-0.39, 0.29) is 16.7 Å². The fourth-order valence-corrected chi connectivity index (χ4v) is 3.05. The number of fused-ring (bicyclic) bond motifs is 1. The summed E-state index contributed by atoms with van der Waals surface area (Å²) in [7, 11) is 3.09. The number of alkyl halides is 3. The number of nitrogens with one attached hydrogen (secondary N) is 1. The zero-order valence-electron chi connectivity index (χ0n) is 13.9. The predicted octanol–water partition coefficient (Wildman–Crippen LogP) is 3.22. The Hall–Kier alpha value is -3.08. The maximum Gasteiger partial charge on any atom is 0.453 e. The summed E-state index contributed by atoms with van der Waals surface area (Å²) in [5.74, 6) is -1.14. The number of methoxy groups -OCH3 is 1. The van der Waals surface area contributed by atoms with Gasteiger partial charge in [-0.05, 0) is 6.07 Å². The van der Waals surface area contributed by atoms with Gasteiger partial charge in [0, 0.05) is 19.4 Å². The molecule has 0 saturated heterocycles. The van der Waals surface area contributed by atoms with Crippen molar-refractivity contribution in [1.29, 1.82) is 0 Å². The maximum absolute atomic E-state index is 12.9. The highest BCUT2D eigenvalue weighted by atomic mass is 35.5. The molecule has 0 aromatic carbocycles. The van der Waals surface area contributed by atoms with Crippen molar-refractivity contribution < 1.29 is 17.9 Å². The van der Waals surface area contributed by atoms with Crippen molar-refractivity contribution in [1.82, 2.24) is 34.3 Å². The molecule has 0 saturated carbocycles. The molecule has 0 unspecified atom stereocenters. The van der Waals surface area contributed by atoms with Gasteiger partial charge in [-0.25, -0.2) is 15.0 Å². The van der Waals surface area contributed by atoms with Gasteiger partial charge in [0.1, 0.15) is 21.9 Å². The second-order valence-electron chi connectivity index (χ2n) is 5.58. The van der Waals surface area contributed by atoms with Crippen molar-refractivity contribution in [2.24, 2.45) is 7.05 Å². The van der Waals surface area contributed by atoms with E-state index >= 15 is 0 Å². The Morgan fingerprint density at radius 3 is 2.63 bits per heavy atom. The van der Waals surface area contributed by atoms with E-state index in [4.69, 9.17) is 16.3 Å². The third-order valence-corrected chi connectivity index (χ3v) is 4.26. The van der Waals surface area contributed by atoms with Gasteiger partial charge < -0.3 is 13.9 Å². The lowest BCUT2D eigenvalue weighted by molar-refractivity contribution is -0.144. The van der Waals surface area contributed by atoms with Crippen LogP contribution in [-0.4, -0.2) is 41.4 Å². The molecule has 4 aromatic heterocycles. The number of halogens is 4. The summed E-state index contributed by atoms with van der Waals surface area (Å²) < 4.78 is 47.2. The molecule has 1 N–H and O–H groups in total. The molecule has 140 valence electrons. The largest absolute Gasteiger partial charge is 0.480 e. The van der Waals surface area contributed by atoms with Gasteiger partial charge in [0.05, 0.1) is 19.0 Å². The van der Waals surface area contributed by atoms with Gasteiger partial charge in [-0.1, -0.05) is 11.6 Å². The van der Waals surface area contributed by atoms with Gasteiger partial charge in [0.15, 0.2) is 5.82 Å². The summed E-state index contributed by atoms with van der Waals surface area (Å²) in [5.41, 5.74) is 1.83. The van der Waals surface area contributed by atoms with Crippen molar-refractivity contribution in [3.63, 3.8) is 0 Å². The Bertz CT molecular complexity index is 1130. The third-order valence-electron chi connectivity index (χ3n) is 3.99. The number of aromatic amines is 1. The van der Waals surface area contributed by atoms with Crippen LogP contribution in [0.3, 0.4) is 0 Å². The minimum atomic E-state index is -4.67. The first-order valence-corrected chi connectivity index (χ1v) is 7.90. The number of aryl methyl sites for hydroxylation is 1. The van der Waals surface area contributed by atoms with Crippen LogP contribution in [0.5, 0.6) is 5.88 Å². The molecule has 0 aliphatic heterocycles. The average molecular weight is 398 g/mol. The summed E-state index contributed by atoms with van der Waals surface area (Å²) in [4.78, 5) is 12.0. The van der Waals surface area contributed by atoms with Gasteiger partial charge in [-0.3, -0.25) is 5.10 Å². The van der Waals surface area contributed by atoms with Gasteiger partial charge in [-0.2, -0.15) is 13.2 Å². The third kappa shape index (κ3) is 2.70. The van der Waals surface area contributed by atoms with Crippen molar-refractivity contribution in [3.05, 3.63) is 35.6 Å². The topological polar surface area (TPSA) is 86.4 Å². The van der Waals surface area contributed by atoms with E-state index in [0.717, 1.165) is 0 Å². The Morgan fingerprint density at radius 2 is 2.04 bits per heavy atom. The van der Waals surface area contributed by atoms with E-state index in [1.807, 2.05) is 0 Å². The molecule has 27 heavy (non-hydrogen) atoms. The van der Waals surface area contributed by atoms with E-state index < -0.39 is 12.0 Å². The summed E-state index contributed by atoms with van der Waals surface area (Å²) in [6.45, 7) is 0. The molecule has 0 atom stereocenters. The molecule has 0 fully saturated rings. The van der Waals surface area contributed by atoms with Crippen molar-refractivity contribution in [2.45, 2.75) is 6.18 Å². The fraction of sp³-hybridized carbons (Fsp3) is 0.200. The highest BCUT2D eigenvalue weighted by molar-refractivity contribution is 6.32. The Kier molecular flexibility index (Phi) is 3.84. The molecule has 8 nitrogen and oxygen atoms in total. The molecule has 0 amide bonds. The standard InChI is InChI=1S/C15H11ClF3N7O/c1-25-8-5-7(16)13(27-2)21-9(8)10(26-4-3-20-6-26)11(25)12-22-14(24-23-12)15(17,18)19/h3-6H,1-2H3,(H,22,23,24). The summed E-state index contributed by atoms with van der Waals surface area (Å²) >= 11 is 6.17. The van der Waals surface area contributed by atoms with E-state index in [0.29, 0.717) is 22.4 Å². The second-order valence-corrected chi connectivity index (χ2v) is 5.99. The molecule has 4 heterocycles. The first-order chi connectivity index (χ1) is 12.8. The van der Waals surface area contributed by atoms with Gasteiger partial charge in [0.25, 0.3) is 5.82 Å². The van der Waals surface area contributed by atoms with Crippen molar-refractivity contribution in [3.8, 4) is 23.1 Å². The fourth-order valence-electron chi connectivity index (χ4n) is 2.83. The lowest BCUT2D eigenvalue weighted by atomic mass is 10.3. The molecule has 0 spiro atoms. The van der Waals surface area contributed by atoms with Crippen LogP contribution in [0.1, 0.15) is 5.82 Å². The minimum Gasteiger partial charge on any atom is -0.480 e. The minimum absolute atomic E-state index is 0.0679. The summed E-state index contributed by atoms with van der Waals surface area (Å²) in [6, 6.07) is 1.62. The molecule has 12 heteroatoms. The van der Waals surface area contributed by atoms with Crippen LogP contribution in [0.2, 0.25) is 5.02 Å². The summed E-state index contributed by atoms with van der Waals surface area (Å²) in [6.07, 6.45) is 0.0146. The first kappa shape index (κ1) is 17.3. The molecule has 4 aromatic rings. The van der Waals surface area contributed by atoms with Crippen LogP contribution in [0, 0.1) is 0 Å². The summed E-state index contributed by atoms with van der Waals surface area (Å²) in [5, 5.41) is 5.89. The number of rotatable bonds is 3. The van der Waals surface area contributed by atoms with Crippen LogP contribution < -0.4 is 4.74 Å². The van der Waals surface area contributed by atoms with E-state index in [2.05, 4.69) is 25.1 Å². The number of H-pyrrole nitrogens is 1. The van der Waals surface area contributed by atoms with E-state index in [9.17, 15) is 13.2 Å². The lowest BCUT2D eigenvalue weighted by Gasteiger charge is -2.05. The van der Waals surface area contributed by atoms with Crippen molar-refractivity contribution >= 4 is 22.6 Å². The highest BCUT2D eigenvalue weighted by Gasteiger charge is 2.37. The Balaban J connectivity index is 2.06. The van der Waals surface area contributed by atoms with Crippen LogP contribution >= 0.6 is 11.6 Å². The Morgan fingerprint density at radius 1 is 1.26 bits per heavy atom. The molecule has 0 radical (unpaired) electrons. The monoisotopic (exact) mass is 397 g/mol. The quantitative estimate of drug-likeness (QED) is 0.573. The Labute approximate surface area is 154 Å². The SMILES string of the molecule is COc1nc2c(-n3ccnc3)c(-c3nc(C(F)(F)F)n[nH]3)n(C)c2cc1Cl. The second kappa shape index (κ2) is 5.98. The van der Waals surface area contributed by atoms with Crippen LogP contribution in [0.25, 0.3) is 28.2 Å². The highest BCUT2D eigenvalue weighted by Crippen LogP contribution is 2.37. The zero-order chi connectivity index (χ0) is 19.3. The molecular formula is C15H11ClF3N7O. The molecule has 0 aliphatic rings. The van der Waals surface area contributed by atoms with Crippen LogP contribution in [0.15, 0.2) is 24.8 Å². The number of imidazole rings is 1. The molecule has 4 rings (SSSR count). The molecule has 0 aliphatic carbocycles. The van der Waals surface area contributed by atoms with E-state index in [1.165, 1.54) is 19.6 Å². The maximum atomic E-state index is 12.9. The van der Waals surface area contributed by atoms with Crippen molar-refractivity contribution in [2.75, 3.05) is 7.11 Å². The lowest BCUT2D eigenvalue weighted by Crippen LogP contribution is -2.07. The number of ether oxygens (including phenoxy) is 1. The molecular weight excluding hydrogens is 387 g/mol. The first-order valence-electron chi connectivity index (χ1n) is 7.52. The van der Waals surface area contributed by atoms with Crippen LogP contribution in [0.4, 0.5) is 13.2 Å². The van der Waals surface area contributed by atoms with E-state index in [1.54, 1.807) is 28.4 Å². The smallest absolute Gasteiger partial charge is 0.453 e. The number of pyridine rings is 1. The van der Waals surface area contributed by atoms with Gasteiger partial charge >= 0.3 is 6.18 Å². The van der Waals surface area contributed by atoms with Crippen LogP contribution in [-0.2, 0) is 13.2 Å². The van der Waals surface area contributed by atoms with Gasteiger partial charge in [-0.15, -0.1) is 5.10 Å². The predicted molar refractivity (Wildman–Crippen MR) is 89.8 cm³/mol. The zero-order valence-corrected chi connectivity index (χ0v) is 14.7. The number of hydrogen-bond donors (Lipinski definition) is 1. The number of aromatic nitrogens is 7. The normalized spacial score (nSPS) is 12.1. The molecule has 0 bridgehead atoms.